The summed E-state index contributed by atoms with van der Waals surface area (Å²) in [5.41, 5.74) is 0. The first-order valence-corrected chi connectivity index (χ1v) is 2.84. The molecule has 0 amide bonds. The van der Waals surface area contributed by atoms with Gasteiger partial charge in [-0.15, -0.1) is 17.5 Å². The average Bonchev–Trinajstić information content (AvgIpc) is 1.84. The van der Waals surface area contributed by atoms with Gasteiger partial charge in [-0.05, 0) is 6.92 Å². The standard InChI is InChI=1S/C4H7NO3S/c1-2(4(6)7)3(9)5-8/h2-3,9H,1H3,(H,6,7). The zero-order valence-corrected chi connectivity index (χ0v) is 5.71. The predicted octanol–water partition coefficient (Wildman–Crippen LogP) is 0.729. The molecule has 0 aromatic heterocycles. The zero-order chi connectivity index (χ0) is 7.44. The van der Waals surface area contributed by atoms with Crippen molar-refractivity contribution in [1.82, 2.24) is 0 Å². The molecule has 5 heteroatoms. The highest BCUT2D eigenvalue weighted by Gasteiger charge is 2.20. The zero-order valence-electron chi connectivity index (χ0n) is 4.81. The van der Waals surface area contributed by atoms with E-state index in [1.807, 2.05) is 0 Å². The third-order valence-electron chi connectivity index (χ3n) is 0.945. The minimum Gasteiger partial charge on any atom is -0.481 e. The lowest BCUT2D eigenvalue weighted by Crippen LogP contribution is -2.18. The van der Waals surface area contributed by atoms with Gasteiger partial charge in [0.05, 0.1) is 5.92 Å². The van der Waals surface area contributed by atoms with E-state index < -0.39 is 17.3 Å². The number of thiol groups is 1. The second kappa shape index (κ2) is 3.45. The van der Waals surface area contributed by atoms with Crippen molar-refractivity contribution in [2.24, 2.45) is 11.1 Å². The van der Waals surface area contributed by atoms with Gasteiger partial charge in [0.2, 0.25) is 0 Å². The smallest absolute Gasteiger partial charge is 0.309 e. The Balaban J connectivity index is 3.86. The molecule has 0 bridgehead atoms. The van der Waals surface area contributed by atoms with Crippen LogP contribution < -0.4 is 0 Å². The van der Waals surface area contributed by atoms with E-state index >= 15 is 0 Å². The molecule has 2 atom stereocenters. The summed E-state index contributed by atoms with van der Waals surface area (Å²) in [7, 11) is 0. The lowest BCUT2D eigenvalue weighted by atomic mass is 10.2. The summed E-state index contributed by atoms with van der Waals surface area (Å²) in [6, 6.07) is 0. The van der Waals surface area contributed by atoms with Gasteiger partial charge in [0.15, 0.2) is 0 Å². The van der Waals surface area contributed by atoms with Crippen molar-refractivity contribution in [2.75, 3.05) is 0 Å². The number of carbonyl (C=O) groups is 1. The average molecular weight is 149 g/mol. The molecule has 9 heavy (non-hydrogen) atoms. The third-order valence-corrected chi connectivity index (χ3v) is 1.49. The lowest BCUT2D eigenvalue weighted by Gasteiger charge is -2.04. The van der Waals surface area contributed by atoms with Crippen LogP contribution in [0.4, 0.5) is 0 Å². The number of hydrogen-bond donors (Lipinski definition) is 2. The van der Waals surface area contributed by atoms with Gasteiger partial charge in [-0.3, -0.25) is 4.79 Å². The molecule has 0 saturated heterocycles. The van der Waals surface area contributed by atoms with Crippen LogP contribution in [-0.2, 0) is 4.79 Å². The van der Waals surface area contributed by atoms with E-state index in [1.165, 1.54) is 6.92 Å². The van der Waals surface area contributed by atoms with Gasteiger partial charge in [-0.2, -0.15) is 0 Å². The third kappa shape index (κ3) is 2.46. The fourth-order valence-electron chi connectivity index (χ4n) is 0.219. The van der Waals surface area contributed by atoms with Crippen molar-refractivity contribution in [2.45, 2.75) is 12.3 Å². The Morgan fingerprint density at radius 3 is 2.33 bits per heavy atom. The Bertz CT molecular complexity index is 127. The monoisotopic (exact) mass is 149 g/mol. The van der Waals surface area contributed by atoms with Gasteiger partial charge < -0.3 is 5.11 Å². The summed E-state index contributed by atoms with van der Waals surface area (Å²) >= 11 is 3.60. The molecule has 4 nitrogen and oxygen atoms in total. The molecule has 0 spiro atoms. The molecule has 0 fully saturated rings. The number of nitroso groups, excluding NO2 is 1. The van der Waals surface area contributed by atoms with Crippen LogP contribution in [0.2, 0.25) is 0 Å². The maximum Gasteiger partial charge on any atom is 0.309 e. The van der Waals surface area contributed by atoms with Crippen molar-refractivity contribution < 1.29 is 9.90 Å². The molecule has 0 aliphatic carbocycles. The second-order valence-corrected chi connectivity index (χ2v) is 2.18. The number of rotatable bonds is 3. The molecule has 0 aromatic carbocycles. The molecule has 2 unspecified atom stereocenters. The molecular formula is C4H7NO3S. The number of nitrogens with zero attached hydrogens (tertiary/aromatic N) is 1. The van der Waals surface area contributed by atoms with E-state index in [9.17, 15) is 9.70 Å². The molecule has 0 rings (SSSR count). The summed E-state index contributed by atoms with van der Waals surface area (Å²) in [4.78, 5) is 19.7. The van der Waals surface area contributed by atoms with Crippen LogP contribution in [0.25, 0.3) is 0 Å². The van der Waals surface area contributed by atoms with Crippen LogP contribution >= 0.6 is 12.6 Å². The van der Waals surface area contributed by atoms with Crippen molar-refractivity contribution >= 4 is 18.6 Å². The number of aliphatic carboxylic acids is 1. The van der Waals surface area contributed by atoms with E-state index in [0.29, 0.717) is 0 Å². The highest BCUT2D eigenvalue weighted by Crippen LogP contribution is 2.09. The van der Waals surface area contributed by atoms with Gasteiger partial charge in [0.1, 0.15) is 5.37 Å². The second-order valence-electron chi connectivity index (χ2n) is 1.65. The van der Waals surface area contributed by atoms with Crippen LogP contribution in [0.1, 0.15) is 6.92 Å². The number of hydrogen-bond acceptors (Lipinski definition) is 4. The maximum absolute atomic E-state index is 10.1. The van der Waals surface area contributed by atoms with Crippen LogP contribution in [0.5, 0.6) is 0 Å². The first-order valence-electron chi connectivity index (χ1n) is 2.33. The van der Waals surface area contributed by atoms with E-state index in [1.54, 1.807) is 0 Å². The van der Waals surface area contributed by atoms with Crippen LogP contribution in [0.3, 0.4) is 0 Å². The first-order chi connectivity index (χ1) is 4.09. The van der Waals surface area contributed by atoms with Crippen LogP contribution in [0.15, 0.2) is 5.18 Å². The normalized spacial score (nSPS) is 16.2. The highest BCUT2D eigenvalue weighted by atomic mass is 32.1. The molecule has 0 radical (unpaired) electrons. The molecule has 0 heterocycles. The summed E-state index contributed by atoms with van der Waals surface area (Å²) in [6.07, 6.45) is 0. The highest BCUT2D eigenvalue weighted by molar-refractivity contribution is 7.81. The van der Waals surface area contributed by atoms with Crippen LogP contribution in [0, 0.1) is 10.8 Å². The Morgan fingerprint density at radius 2 is 2.22 bits per heavy atom. The Labute approximate surface area is 57.6 Å². The largest absolute Gasteiger partial charge is 0.481 e. The first kappa shape index (κ1) is 8.42. The van der Waals surface area contributed by atoms with Gasteiger partial charge in [-0.1, -0.05) is 5.18 Å². The Hall–Kier alpha value is -0.580. The van der Waals surface area contributed by atoms with Crippen LogP contribution in [-0.4, -0.2) is 16.4 Å². The molecule has 52 valence electrons. The molecule has 0 aromatic rings. The molecule has 0 aliphatic rings. The molecular weight excluding hydrogens is 142 g/mol. The van der Waals surface area contributed by atoms with Crippen molar-refractivity contribution in [1.29, 1.82) is 0 Å². The van der Waals surface area contributed by atoms with Gasteiger partial charge in [0, 0.05) is 0 Å². The number of carboxylic acids is 1. The molecule has 1 N–H and O–H groups in total. The van der Waals surface area contributed by atoms with Crippen molar-refractivity contribution in [3.63, 3.8) is 0 Å². The van der Waals surface area contributed by atoms with Crippen molar-refractivity contribution in [3.05, 3.63) is 4.91 Å². The summed E-state index contributed by atoms with van der Waals surface area (Å²) in [6.45, 7) is 1.38. The van der Waals surface area contributed by atoms with Crippen molar-refractivity contribution in [3.8, 4) is 0 Å². The van der Waals surface area contributed by atoms with E-state index in [2.05, 4.69) is 17.8 Å². The molecule has 0 aliphatic heterocycles. The Kier molecular flexibility index (Phi) is 3.22. The predicted molar refractivity (Wildman–Crippen MR) is 35.4 cm³/mol. The summed E-state index contributed by atoms with van der Waals surface area (Å²) < 4.78 is 0. The van der Waals surface area contributed by atoms with E-state index in [0.717, 1.165) is 0 Å². The van der Waals surface area contributed by atoms with Gasteiger partial charge >= 0.3 is 5.97 Å². The van der Waals surface area contributed by atoms with Gasteiger partial charge in [0.25, 0.3) is 0 Å². The topological polar surface area (TPSA) is 66.7 Å². The summed E-state index contributed by atoms with van der Waals surface area (Å²) in [5.74, 6) is -1.87. The minimum absolute atomic E-state index is 0.814. The minimum atomic E-state index is -1.06. The fraction of sp³-hybridized carbons (Fsp3) is 0.750. The van der Waals surface area contributed by atoms with E-state index in [-0.39, 0.29) is 0 Å². The molecule has 0 saturated carbocycles. The Morgan fingerprint density at radius 1 is 1.78 bits per heavy atom. The summed E-state index contributed by atoms with van der Waals surface area (Å²) in [5, 5.41) is 9.74. The SMILES string of the molecule is CC(C(=O)O)C(S)N=O. The number of carboxylic acid groups (broad SMARTS) is 1. The lowest BCUT2D eigenvalue weighted by molar-refractivity contribution is -0.141. The van der Waals surface area contributed by atoms with E-state index in [4.69, 9.17) is 5.11 Å². The fourth-order valence-corrected chi connectivity index (χ4v) is 0.346. The maximum atomic E-state index is 10.1. The quantitative estimate of drug-likeness (QED) is 0.459. The van der Waals surface area contributed by atoms with Gasteiger partial charge in [-0.25, -0.2) is 0 Å².